The summed E-state index contributed by atoms with van der Waals surface area (Å²) in [7, 11) is 0. The Balaban J connectivity index is 1.85. The highest BCUT2D eigenvalue weighted by molar-refractivity contribution is 4.90. The van der Waals surface area contributed by atoms with Gasteiger partial charge in [-0.25, -0.2) is 0 Å². The molecule has 100 valence electrons. The summed E-state index contributed by atoms with van der Waals surface area (Å²) in [5, 5.41) is 3.68. The van der Waals surface area contributed by atoms with Crippen molar-refractivity contribution in [3.8, 4) is 0 Å². The summed E-state index contributed by atoms with van der Waals surface area (Å²) < 4.78 is 0. The molecule has 1 N–H and O–H groups in total. The van der Waals surface area contributed by atoms with Crippen LogP contribution in [0.5, 0.6) is 0 Å². The largest absolute Gasteiger partial charge is 0.309 e. The summed E-state index contributed by atoms with van der Waals surface area (Å²) in [6, 6.07) is 0. The van der Waals surface area contributed by atoms with Crippen LogP contribution in [0.2, 0.25) is 0 Å². The smallest absolute Gasteiger partial charge is 0.0278 e. The summed E-state index contributed by atoms with van der Waals surface area (Å²) in [6.07, 6.45) is 7.09. The van der Waals surface area contributed by atoms with Crippen LogP contribution >= 0.6 is 0 Å². The molecule has 1 saturated carbocycles. The zero-order valence-corrected chi connectivity index (χ0v) is 12.0. The van der Waals surface area contributed by atoms with Gasteiger partial charge in [0.25, 0.3) is 0 Å². The van der Waals surface area contributed by atoms with E-state index in [0.29, 0.717) is 5.54 Å². The van der Waals surface area contributed by atoms with E-state index in [1.807, 2.05) is 0 Å². The van der Waals surface area contributed by atoms with Crippen LogP contribution in [0.15, 0.2) is 0 Å². The summed E-state index contributed by atoms with van der Waals surface area (Å²) in [4.78, 5) is 2.71. The first-order valence-electron chi connectivity index (χ1n) is 7.60. The lowest BCUT2D eigenvalue weighted by molar-refractivity contribution is 0.0965. The molecular weight excluding hydrogens is 208 g/mol. The van der Waals surface area contributed by atoms with Gasteiger partial charge in [-0.2, -0.15) is 0 Å². The number of hydrogen-bond acceptors (Lipinski definition) is 2. The number of piperazine rings is 1. The summed E-state index contributed by atoms with van der Waals surface area (Å²) in [5.41, 5.74) is 0.357. The van der Waals surface area contributed by atoms with Crippen LogP contribution < -0.4 is 5.32 Å². The second-order valence-corrected chi connectivity index (χ2v) is 6.60. The standard InChI is InChI=1S/C15H30N2/c1-4-15(3)12-17(10-9-16-15)11-14-8-6-5-7-13(14)2/h13-14,16H,4-12H2,1-3H3. The highest BCUT2D eigenvalue weighted by atomic mass is 15.2. The topological polar surface area (TPSA) is 15.3 Å². The Hall–Kier alpha value is -0.0800. The molecule has 2 rings (SSSR count). The van der Waals surface area contributed by atoms with Crippen molar-refractivity contribution < 1.29 is 0 Å². The number of hydrogen-bond donors (Lipinski definition) is 1. The van der Waals surface area contributed by atoms with Crippen LogP contribution in [-0.2, 0) is 0 Å². The molecule has 0 spiro atoms. The van der Waals surface area contributed by atoms with E-state index in [9.17, 15) is 0 Å². The zero-order valence-electron chi connectivity index (χ0n) is 12.0. The second kappa shape index (κ2) is 5.71. The first-order valence-corrected chi connectivity index (χ1v) is 7.60. The minimum atomic E-state index is 0.357. The van der Waals surface area contributed by atoms with Crippen LogP contribution in [0.4, 0.5) is 0 Å². The van der Waals surface area contributed by atoms with Crippen LogP contribution in [-0.4, -0.2) is 36.6 Å². The van der Waals surface area contributed by atoms with Gasteiger partial charge in [0.15, 0.2) is 0 Å². The first-order chi connectivity index (χ1) is 8.13. The Morgan fingerprint density at radius 3 is 2.76 bits per heavy atom. The Morgan fingerprint density at radius 2 is 2.06 bits per heavy atom. The summed E-state index contributed by atoms with van der Waals surface area (Å²) in [5.74, 6) is 1.91. The molecule has 0 aromatic rings. The molecular formula is C15H30N2. The Labute approximate surface area is 107 Å². The molecule has 1 saturated heterocycles. The Bertz CT molecular complexity index is 241. The van der Waals surface area contributed by atoms with E-state index in [4.69, 9.17) is 0 Å². The van der Waals surface area contributed by atoms with Gasteiger partial charge in [0, 0.05) is 31.7 Å². The third kappa shape index (κ3) is 3.45. The SMILES string of the molecule is CCC1(C)CN(CC2CCCCC2C)CCN1. The molecule has 0 aromatic heterocycles. The van der Waals surface area contributed by atoms with Gasteiger partial charge in [-0.1, -0.05) is 33.1 Å². The molecule has 0 amide bonds. The molecule has 1 aliphatic carbocycles. The van der Waals surface area contributed by atoms with Crippen molar-refractivity contribution in [3.05, 3.63) is 0 Å². The Morgan fingerprint density at radius 1 is 1.29 bits per heavy atom. The van der Waals surface area contributed by atoms with E-state index in [1.165, 1.54) is 58.3 Å². The third-order valence-corrected chi connectivity index (χ3v) is 5.11. The van der Waals surface area contributed by atoms with Crippen molar-refractivity contribution in [2.75, 3.05) is 26.2 Å². The highest BCUT2D eigenvalue weighted by Crippen LogP contribution is 2.30. The molecule has 1 aliphatic heterocycles. The normalized spacial score (nSPS) is 40.4. The fraction of sp³-hybridized carbons (Fsp3) is 1.00. The minimum Gasteiger partial charge on any atom is -0.309 e. The van der Waals surface area contributed by atoms with Crippen molar-refractivity contribution in [2.24, 2.45) is 11.8 Å². The predicted octanol–water partition coefficient (Wildman–Crippen LogP) is 2.89. The van der Waals surface area contributed by atoms with E-state index in [2.05, 4.69) is 31.0 Å². The second-order valence-electron chi connectivity index (χ2n) is 6.60. The quantitative estimate of drug-likeness (QED) is 0.813. The first kappa shape index (κ1) is 13.4. The van der Waals surface area contributed by atoms with Crippen LogP contribution in [0.25, 0.3) is 0 Å². The molecule has 2 heteroatoms. The van der Waals surface area contributed by atoms with Gasteiger partial charge in [-0.05, 0) is 31.6 Å². The Kier molecular flexibility index (Phi) is 4.48. The average Bonchev–Trinajstić information content (AvgIpc) is 2.32. The fourth-order valence-corrected chi connectivity index (χ4v) is 3.53. The lowest BCUT2D eigenvalue weighted by Gasteiger charge is -2.43. The van der Waals surface area contributed by atoms with Crippen molar-refractivity contribution in [3.63, 3.8) is 0 Å². The zero-order chi connectivity index (χ0) is 12.3. The molecule has 1 heterocycles. The molecule has 0 radical (unpaired) electrons. The van der Waals surface area contributed by atoms with Gasteiger partial charge in [-0.3, -0.25) is 4.90 Å². The van der Waals surface area contributed by atoms with Crippen LogP contribution in [0.1, 0.15) is 52.9 Å². The monoisotopic (exact) mass is 238 g/mol. The number of rotatable bonds is 3. The van der Waals surface area contributed by atoms with E-state index < -0.39 is 0 Å². The highest BCUT2D eigenvalue weighted by Gasteiger charge is 2.31. The predicted molar refractivity (Wildman–Crippen MR) is 74.3 cm³/mol. The van der Waals surface area contributed by atoms with Crippen molar-refractivity contribution >= 4 is 0 Å². The van der Waals surface area contributed by atoms with Gasteiger partial charge in [0.1, 0.15) is 0 Å². The van der Waals surface area contributed by atoms with Crippen molar-refractivity contribution in [1.82, 2.24) is 10.2 Å². The average molecular weight is 238 g/mol. The van der Waals surface area contributed by atoms with Gasteiger partial charge >= 0.3 is 0 Å². The van der Waals surface area contributed by atoms with E-state index >= 15 is 0 Å². The van der Waals surface area contributed by atoms with E-state index in [1.54, 1.807) is 0 Å². The fourth-order valence-electron chi connectivity index (χ4n) is 3.53. The maximum atomic E-state index is 3.68. The maximum absolute atomic E-state index is 3.68. The van der Waals surface area contributed by atoms with Gasteiger partial charge < -0.3 is 5.32 Å². The maximum Gasteiger partial charge on any atom is 0.0278 e. The molecule has 17 heavy (non-hydrogen) atoms. The minimum absolute atomic E-state index is 0.357. The third-order valence-electron chi connectivity index (χ3n) is 5.11. The summed E-state index contributed by atoms with van der Waals surface area (Å²) in [6.45, 7) is 12.2. The van der Waals surface area contributed by atoms with Gasteiger partial charge in [0.2, 0.25) is 0 Å². The molecule has 2 aliphatic rings. The lowest BCUT2D eigenvalue weighted by Crippen LogP contribution is -2.59. The van der Waals surface area contributed by atoms with E-state index in [0.717, 1.165) is 11.8 Å². The van der Waals surface area contributed by atoms with E-state index in [-0.39, 0.29) is 0 Å². The van der Waals surface area contributed by atoms with Gasteiger partial charge in [-0.15, -0.1) is 0 Å². The molecule has 3 atom stereocenters. The molecule has 3 unspecified atom stereocenters. The number of nitrogens with zero attached hydrogens (tertiary/aromatic N) is 1. The van der Waals surface area contributed by atoms with Gasteiger partial charge in [0.05, 0.1) is 0 Å². The van der Waals surface area contributed by atoms with Crippen molar-refractivity contribution in [1.29, 1.82) is 0 Å². The molecule has 2 nitrogen and oxygen atoms in total. The molecule has 0 bridgehead atoms. The van der Waals surface area contributed by atoms with Crippen molar-refractivity contribution in [2.45, 2.75) is 58.4 Å². The molecule has 0 aromatic carbocycles. The van der Waals surface area contributed by atoms with Crippen LogP contribution in [0, 0.1) is 11.8 Å². The summed E-state index contributed by atoms with van der Waals surface area (Å²) >= 11 is 0. The molecule has 2 fully saturated rings. The lowest BCUT2D eigenvalue weighted by atomic mass is 9.80. The van der Waals surface area contributed by atoms with Crippen LogP contribution in [0.3, 0.4) is 0 Å². The number of nitrogens with one attached hydrogen (secondary N) is 1.